The maximum absolute atomic E-state index is 11.9. The molecule has 1 aromatic heterocycles. The van der Waals surface area contributed by atoms with Crippen molar-refractivity contribution in [3.63, 3.8) is 0 Å². The van der Waals surface area contributed by atoms with Crippen LogP contribution in [0.3, 0.4) is 0 Å². The number of anilines is 1. The third kappa shape index (κ3) is 4.38. The topological polar surface area (TPSA) is 107 Å². The van der Waals surface area contributed by atoms with Crippen molar-refractivity contribution < 1.29 is 14.5 Å². The number of rotatable bonds is 5. The van der Waals surface area contributed by atoms with Gasteiger partial charge in [0.05, 0.1) is 10.6 Å². The van der Waals surface area contributed by atoms with Gasteiger partial charge in [-0.15, -0.1) is 0 Å². The second kappa shape index (κ2) is 7.84. The van der Waals surface area contributed by atoms with Gasteiger partial charge in [0.15, 0.2) is 0 Å². The zero-order chi connectivity index (χ0) is 18.4. The summed E-state index contributed by atoms with van der Waals surface area (Å²) in [4.78, 5) is 30.4. The highest BCUT2D eigenvalue weighted by atomic mass is 16.6. The van der Waals surface area contributed by atoms with Crippen LogP contribution in [0.15, 0.2) is 66.9 Å². The van der Waals surface area contributed by atoms with Crippen LogP contribution in [-0.2, 0) is 11.3 Å². The molecule has 0 saturated heterocycles. The first-order chi connectivity index (χ1) is 12.6. The number of benzene rings is 2. The number of carbonyl (C=O) groups is 1. The number of hydrogen-bond acceptors (Lipinski definition) is 6. The molecule has 8 heteroatoms. The van der Waals surface area contributed by atoms with Crippen LogP contribution in [-0.4, -0.2) is 21.0 Å². The van der Waals surface area contributed by atoms with Crippen LogP contribution in [0.1, 0.15) is 5.56 Å². The molecular formula is C18H14N4O4. The molecule has 0 saturated carbocycles. The smallest absolute Gasteiger partial charge is 0.414 e. The molecule has 3 aromatic rings. The summed E-state index contributed by atoms with van der Waals surface area (Å²) in [7, 11) is 0. The van der Waals surface area contributed by atoms with Crippen LogP contribution < -0.4 is 5.32 Å². The van der Waals surface area contributed by atoms with Crippen molar-refractivity contribution in [2.45, 2.75) is 6.61 Å². The summed E-state index contributed by atoms with van der Waals surface area (Å²) in [5.41, 5.74) is 1.80. The van der Waals surface area contributed by atoms with Crippen LogP contribution in [0.4, 0.5) is 16.4 Å². The lowest BCUT2D eigenvalue weighted by molar-refractivity contribution is -0.384. The Labute approximate surface area is 148 Å². The van der Waals surface area contributed by atoms with Gasteiger partial charge in [-0.1, -0.05) is 42.5 Å². The quantitative estimate of drug-likeness (QED) is 0.554. The summed E-state index contributed by atoms with van der Waals surface area (Å²) in [6.07, 6.45) is 0.763. The van der Waals surface area contributed by atoms with Crippen molar-refractivity contribution in [2.24, 2.45) is 0 Å². The van der Waals surface area contributed by atoms with E-state index in [2.05, 4.69) is 15.3 Å². The molecule has 0 spiro atoms. The summed E-state index contributed by atoms with van der Waals surface area (Å²) in [5.74, 6) is 0.0482. The number of carbonyl (C=O) groups excluding carboxylic acids is 1. The predicted octanol–water partition coefficient (Wildman–Crippen LogP) is 3.80. The second-order valence-electron chi connectivity index (χ2n) is 5.26. The Morgan fingerprint density at radius 2 is 1.92 bits per heavy atom. The minimum Gasteiger partial charge on any atom is -0.444 e. The molecule has 130 valence electrons. The van der Waals surface area contributed by atoms with Gasteiger partial charge in [0.1, 0.15) is 6.61 Å². The lowest BCUT2D eigenvalue weighted by atomic mass is 10.1. The number of amides is 1. The van der Waals surface area contributed by atoms with E-state index in [1.54, 1.807) is 18.2 Å². The van der Waals surface area contributed by atoms with Crippen molar-refractivity contribution in [2.75, 3.05) is 5.32 Å². The Balaban J connectivity index is 1.68. The summed E-state index contributed by atoms with van der Waals surface area (Å²) < 4.78 is 5.11. The average molecular weight is 350 g/mol. The second-order valence-corrected chi connectivity index (χ2v) is 5.26. The highest BCUT2D eigenvalue weighted by Crippen LogP contribution is 2.22. The van der Waals surface area contributed by atoms with Crippen LogP contribution in [0.2, 0.25) is 0 Å². The minimum atomic E-state index is -0.690. The van der Waals surface area contributed by atoms with Gasteiger partial charge < -0.3 is 4.74 Å². The molecule has 26 heavy (non-hydrogen) atoms. The molecule has 0 unspecified atom stereocenters. The molecule has 0 bridgehead atoms. The van der Waals surface area contributed by atoms with Crippen molar-refractivity contribution in [1.29, 1.82) is 0 Å². The van der Waals surface area contributed by atoms with Gasteiger partial charge in [-0.25, -0.2) is 14.8 Å². The predicted molar refractivity (Wildman–Crippen MR) is 94.4 cm³/mol. The minimum absolute atomic E-state index is 0.0436. The Morgan fingerprint density at radius 1 is 1.12 bits per heavy atom. The molecule has 2 aromatic carbocycles. The molecule has 8 nitrogen and oxygen atoms in total. The first kappa shape index (κ1) is 17.0. The molecule has 1 N–H and O–H groups in total. The lowest BCUT2D eigenvalue weighted by Crippen LogP contribution is -2.15. The summed E-state index contributed by atoms with van der Waals surface area (Å²) in [6, 6.07) is 16.9. The number of ether oxygens (including phenoxy) is 1. The van der Waals surface area contributed by atoms with Crippen molar-refractivity contribution in [3.8, 4) is 11.3 Å². The van der Waals surface area contributed by atoms with Crippen LogP contribution >= 0.6 is 0 Å². The lowest BCUT2D eigenvalue weighted by Gasteiger charge is -2.07. The van der Waals surface area contributed by atoms with Gasteiger partial charge in [0.25, 0.3) is 5.69 Å². The van der Waals surface area contributed by atoms with Gasteiger partial charge in [0.2, 0.25) is 5.95 Å². The Kier molecular flexibility index (Phi) is 5.14. The van der Waals surface area contributed by atoms with E-state index in [9.17, 15) is 14.9 Å². The van der Waals surface area contributed by atoms with Crippen molar-refractivity contribution in [3.05, 3.63) is 82.5 Å². The van der Waals surface area contributed by atoms with E-state index in [0.717, 1.165) is 5.56 Å². The highest BCUT2D eigenvalue weighted by molar-refractivity contribution is 5.82. The normalized spacial score (nSPS) is 10.2. The monoisotopic (exact) mass is 350 g/mol. The summed E-state index contributed by atoms with van der Waals surface area (Å²) >= 11 is 0. The zero-order valence-corrected chi connectivity index (χ0v) is 13.5. The fourth-order valence-corrected chi connectivity index (χ4v) is 2.21. The summed E-state index contributed by atoms with van der Waals surface area (Å²) in [6.45, 7) is 0.122. The van der Waals surface area contributed by atoms with Crippen LogP contribution in [0.25, 0.3) is 11.3 Å². The summed E-state index contributed by atoms with van der Waals surface area (Å²) in [5, 5.41) is 13.3. The number of hydrogen-bond donors (Lipinski definition) is 1. The number of aromatic nitrogens is 2. The first-order valence-corrected chi connectivity index (χ1v) is 7.67. The Hall–Kier alpha value is -3.81. The number of non-ortho nitro benzene ring substituents is 1. The van der Waals surface area contributed by atoms with Gasteiger partial charge in [-0.3, -0.25) is 15.4 Å². The number of nitrogens with one attached hydrogen (secondary N) is 1. The molecule has 0 atom stereocenters. The third-order valence-corrected chi connectivity index (χ3v) is 3.43. The fraction of sp³-hybridized carbons (Fsp3) is 0.0556. The molecule has 0 fully saturated rings. The first-order valence-electron chi connectivity index (χ1n) is 7.67. The third-order valence-electron chi connectivity index (χ3n) is 3.43. The molecular weight excluding hydrogens is 336 g/mol. The highest BCUT2D eigenvalue weighted by Gasteiger charge is 2.10. The van der Waals surface area contributed by atoms with Gasteiger partial charge in [0, 0.05) is 23.9 Å². The van der Waals surface area contributed by atoms with E-state index in [4.69, 9.17) is 4.74 Å². The van der Waals surface area contributed by atoms with Crippen LogP contribution in [0, 0.1) is 10.1 Å². The van der Waals surface area contributed by atoms with E-state index >= 15 is 0 Å². The SMILES string of the molecule is O=C(Nc1nccc(-c2cccc([N+](=O)[O-])c2)n1)OCc1ccccc1. The molecule has 0 aliphatic heterocycles. The van der Waals surface area contributed by atoms with Crippen LogP contribution in [0.5, 0.6) is 0 Å². The number of nitro groups is 1. The average Bonchev–Trinajstić information content (AvgIpc) is 2.67. The Morgan fingerprint density at radius 3 is 2.69 bits per heavy atom. The van der Waals surface area contributed by atoms with E-state index in [-0.39, 0.29) is 18.2 Å². The number of nitrogens with zero attached hydrogens (tertiary/aromatic N) is 3. The molecule has 0 aliphatic rings. The van der Waals surface area contributed by atoms with E-state index in [1.165, 1.54) is 18.3 Å². The maximum Gasteiger partial charge on any atom is 0.414 e. The van der Waals surface area contributed by atoms with E-state index in [1.807, 2.05) is 30.3 Å². The zero-order valence-electron chi connectivity index (χ0n) is 13.5. The maximum atomic E-state index is 11.9. The number of nitro benzene ring substituents is 1. The van der Waals surface area contributed by atoms with Gasteiger partial charge >= 0.3 is 6.09 Å². The van der Waals surface area contributed by atoms with Crippen molar-refractivity contribution in [1.82, 2.24) is 9.97 Å². The van der Waals surface area contributed by atoms with E-state index < -0.39 is 11.0 Å². The molecule has 0 aliphatic carbocycles. The Bertz CT molecular complexity index is 931. The van der Waals surface area contributed by atoms with Gasteiger partial charge in [-0.05, 0) is 11.6 Å². The molecule has 3 rings (SSSR count). The van der Waals surface area contributed by atoms with E-state index in [0.29, 0.717) is 11.3 Å². The van der Waals surface area contributed by atoms with Gasteiger partial charge in [-0.2, -0.15) is 0 Å². The fourth-order valence-electron chi connectivity index (χ4n) is 2.21. The standard InChI is InChI=1S/C18H14N4O4/c23-18(26-12-13-5-2-1-3-6-13)21-17-19-10-9-16(20-17)14-7-4-8-15(11-14)22(24)25/h1-11H,12H2,(H,19,20,21,23). The van der Waals surface area contributed by atoms with Crippen molar-refractivity contribution >= 4 is 17.7 Å². The molecule has 1 amide bonds. The largest absolute Gasteiger partial charge is 0.444 e. The molecule has 1 heterocycles. The molecule has 0 radical (unpaired) electrons.